The number of fused-ring (bicyclic) bond motifs is 3. The second-order valence-corrected chi connectivity index (χ2v) is 11.5. The van der Waals surface area contributed by atoms with E-state index in [2.05, 4.69) is 22.8 Å². The van der Waals surface area contributed by atoms with E-state index in [1.165, 1.54) is 0 Å². The Morgan fingerprint density at radius 2 is 1.43 bits per heavy atom. The molecule has 0 bridgehead atoms. The lowest BCUT2D eigenvalue weighted by Gasteiger charge is -2.44. The molecule has 1 fully saturated rings. The van der Waals surface area contributed by atoms with Gasteiger partial charge in [0.2, 0.25) is 0 Å². The molecular formula is C29H36N2O6. The SMILES string of the molecule is CC1(NC(=O)OC(C)(C)C)CCC(CC(=O)O)(NC(=O)OCC2c3ccccc3-c3ccccc32)CC1. The lowest BCUT2D eigenvalue weighted by atomic mass is 9.71. The average Bonchev–Trinajstić information content (AvgIpc) is 3.12. The Kier molecular flexibility index (Phi) is 7.22. The van der Waals surface area contributed by atoms with Gasteiger partial charge in [0.25, 0.3) is 0 Å². The van der Waals surface area contributed by atoms with E-state index in [0.29, 0.717) is 25.7 Å². The molecule has 37 heavy (non-hydrogen) atoms. The van der Waals surface area contributed by atoms with Gasteiger partial charge in [0.1, 0.15) is 12.2 Å². The molecule has 2 aliphatic carbocycles. The van der Waals surface area contributed by atoms with Gasteiger partial charge in [-0.3, -0.25) is 4.79 Å². The molecule has 0 spiro atoms. The van der Waals surface area contributed by atoms with E-state index in [0.717, 1.165) is 22.3 Å². The van der Waals surface area contributed by atoms with Gasteiger partial charge in [0.05, 0.1) is 12.0 Å². The van der Waals surface area contributed by atoms with Gasteiger partial charge >= 0.3 is 18.2 Å². The zero-order valence-corrected chi connectivity index (χ0v) is 21.9. The van der Waals surface area contributed by atoms with Crippen LogP contribution in [0.5, 0.6) is 0 Å². The van der Waals surface area contributed by atoms with Gasteiger partial charge in [-0.2, -0.15) is 0 Å². The Morgan fingerprint density at radius 1 is 0.892 bits per heavy atom. The molecule has 0 aromatic heterocycles. The lowest BCUT2D eigenvalue weighted by Crippen LogP contribution is -2.58. The first-order valence-corrected chi connectivity index (χ1v) is 12.7. The van der Waals surface area contributed by atoms with E-state index >= 15 is 0 Å². The fourth-order valence-corrected chi connectivity index (χ4v) is 5.44. The molecular weight excluding hydrogens is 472 g/mol. The van der Waals surface area contributed by atoms with Crippen LogP contribution in [-0.4, -0.2) is 46.5 Å². The molecule has 198 valence electrons. The molecule has 1 saturated carbocycles. The monoisotopic (exact) mass is 508 g/mol. The smallest absolute Gasteiger partial charge is 0.408 e. The third-order valence-corrected chi connectivity index (χ3v) is 7.31. The van der Waals surface area contributed by atoms with Gasteiger partial charge in [-0.1, -0.05) is 48.5 Å². The third kappa shape index (κ3) is 6.24. The van der Waals surface area contributed by atoms with Gasteiger partial charge in [0.15, 0.2) is 0 Å². The second-order valence-electron chi connectivity index (χ2n) is 11.5. The highest BCUT2D eigenvalue weighted by molar-refractivity contribution is 5.79. The predicted molar refractivity (Wildman–Crippen MR) is 139 cm³/mol. The van der Waals surface area contributed by atoms with Crippen LogP contribution in [0.15, 0.2) is 48.5 Å². The lowest BCUT2D eigenvalue weighted by molar-refractivity contribution is -0.139. The predicted octanol–water partition coefficient (Wildman–Crippen LogP) is 5.60. The number of hydrogen-bond donors (Lipinski definition) is 3. The normalized spacial score (nSPS) is 22.9. The summed E-state index contributed by atoms with van der Waals surface area (Å²) in [6.45, 7) is 7.46. The van der Waals surface area contributed by atoms with Gasteiger partial charge in [0, 0.05) is 11.5 Å². The first kappa shape index (κ1) is 26.5. The number of rotatable bonds is 6. The van der Waals surface area contributed by atoms with Crippen molar-refractivity contribution in [2.24, 2.45) is 0 Å². The Hall–Kier alpha value is -3.55. The summed E-state index contributed by atoms with van der Waals surface area (Å²) in [5.74, 6) is -1.08. The molecule has 8 heteroatoms. The highest BCUT2D eigenvalue weighted by Crippen LogP contribution is 2.44. The van der Waals surface area contributed by atoms with E-state index in [1.54, 1.807) is 20.8 Å². The highest BCUT2D eigenvalue weighted by Gasteiger charge is 2.44. The maximum Gasteiger partial charge on any atom is 0.408 e. The molecule has 0 radical (unpaired) electrons. The molecule has 4 rings (SSSR count). The summed E-state index contributed by atoms with van der Waals surface area (Å²) in [7, 11) is 0. The molecule has 3 N–H and O–H groups in total. The number of aliphatic carboxylic acids is 1. The zero-order chi connectivity index (χ0) is 26.8. The summed E-state index contributed by atoms with van der Waals surface area (Å²) in [6.07, 6.45) is 0.384. The molecule has 0 saturated heterocycles. The van der Waals surface area contributed by atoms with Gasteiger partial charge < -0.3 is 25.2 Å². The van der Waals surface area contributed by atoms with E-state index < -0.39 is 34.8 Å². The number of carboxylic acids is 1. The largest absolute Gasteiger partial charge is 0.481 e. The summed E-state index contributed by atoms with van der Waals surface area (Å²) >= 11 is 0. The Balaban J connectivity index is 1.40. The zero-order valence-electron chi connectivity index (χ0n) is 21.9. The van der Waals surface area contributed by atoms with Gasteiger partial charge in [-0.15, -0.1) is 0 Å². The van der Waals surface area contributed by atoms with Crippen molar-refractivity contribution in [3.05, 3.63) is 59.7 Å². The Labute approximate surface area is 217 Å². The number of carbonyl (C=O) groups is 3. The summed E-state index contributed by atoms with van der Waals surface area (Å²) in [5.41, 5.74) is 2.36. The van der Waals surface area contributed by atoms with Crippen LogP contribution in [-0.2, 0) is 14.3 Å². The van der Waals surface area contributed by atoms with Crippen molar-refractivity contribution in [1.29, 1.82) is 0 Å². The number of amides is 2. The van der Waals surface area contributed by atoms with Crippen LogP contribution in [0.2, 0.25) is 0 Å². The van der Waals surface area contributed by atoms with E-state index in [-0.39, 0.29) is 18.9 Å². The summed E-state index contributed by atoms with van der Waals surface area (Å²) < 4.78 is 11.1. The molecule has 0 heterocycles. The summed E-state index contributed by atoms with van der Waals surface area (Å²) in [5, 5.41) is 15.4. The number of benzene rings is 2. The highest BCUT2D eigenvalue weighted by atomic mass is 16.6. The summed E-state index contributed by atoms with van der Waals surface area (Å²) in [4.78, 5) is 37.0. The van der Waals surface area contributed by atoms with E-state index in [1.807, 2.05) is 43.3 Å². The number of ether oxygens (including phenoxy) is 2. The van der Waals surface area contributed by atoms with Crippen LogP contribution in [0, 0.1) is 0 Å². The van der Waals surface area contributed by atoms with Crippen LogP contribution in [0.3, 0.4) is 0 Å². The van der Waals surface area contributed by atoms with Gasteiger partial charge in [-0.25, -0.2) is 9.59 Å². The average molecular weight is 509 g/mol. The van der Waals surface area contributed by atoms with Crippen LogP contribution in [0.25, 0.3) is 11.1 Å². The molecule has 0 unspecified atom stereocenters. The third-order valence-electron chi connectivity index (χ3n) is 7.31. The molecule has 0 atom stereocenters. The second kappa shape index (κ2) is 10.1. The van der Waals surface area contributed by atoms with Crippen molar-refractivity contribution in [2.45, 2.75) is 82.4 Å². The van der Waals surface area contributed by atoms with Crippen LogP contribution in [0.1, 0.15) is 76.8 Å². The van der Waals surface area contributed by atoms with E-state index in [9.17, 15) is 19.5 Å². The molecule has 2 aromatic carbocycles. The van der Waals surface area contributed by atoms with Crippen molar-refractivity contribution in [3.63, 3.8) is 0 Å². The minimum Gasteiger partial charge on any atom is -0.481 e. The van der Waals surface area contributed by atoms with Crippen molar-refractivity contribution < 1.29 is 29.0 Å². The van der Waals surface area contributed by atoms with Crippen LogP contribution < -0.4 is 10.6 Å². The van der Waals surface area contributed by atoms with E-state index in [4.69, 9.17) is 9.47 Å². The van der Waals surface area contributed by atoms with Crippen molar-refractivity contribution in [2.75, 3.05) is 6.61 Å². The molecule has 0 aliphatic heterocycles. The number of carbonyl (C=O) groups excluding carboxylic acids is 2. The first-order valence-electron chi connectivity index (χ1n) is 12.7. The number of nitrogens with one attached hydrogen (secondary N) is 2. The minimum atomic E-state index is -0.998. The van der Waals surface area contributed by atoms with Crippen molar-refractivity contribution >= 4 is 18.2 Å². The Morgan fingerprint density at radius 3 is 1.95 bits per heavy atom. The summed E-state index contributed by atoms with van der Waals surface area (Å²) in [6, 6.07) is 16.2. The maximum atomic E-state index is 13.0. The number of hydrogen-bond acceptors (Lipinski definition) is 5. The van der Waals surface area contributed by atoms with Crippen molar-refractivity contribution in [1.82, 2.24) is 10.6 Å². The molecule has 8 nitrogen and oxygen atoms in total. The Bertz CT molecular complexity index is 1130. The maximum absolute atomic E-state index is 13.0. The fourth-order valence-electron chi connectivity index (χ4n) is 5.44. The number of carboxylic acid groups (broad SMARTS) is 1. The van der Waals surface area contributed by atoms with Crippen LogP contribution in [0.4, 0.5) is 9.59 Å². The number of alkyl carbamates (subject to hydrolysis) is 2. The molecule has 2 aliphatic rings. The molecule has 2 amide bonds. The fraction of sp³-hybridized carbons (Fsp3) is 0.483. The van der Waals surface area contributed by atoms with Crippen LogP contribution >= 0.6 is 0 Å². The topological polar surface area (TPSA) is 114 Å². The molecule has 2 aromatic rings. The van der Waals surface area contributed by atoms with Gasteiger partial charge in [-0.05, 0) is 75.6 Å². The first-order chi connectivity index (χ1) is 17.4. The van der Waals surface area contributed by atoms with Crippen molar-refractivity contribution in [3.8, 4) is 11.1 Å². The standard InChI is InChI=1S/C29H36N2O6/c1-27(2,3)37-26(35)30-28(4)13-15-29(16-14-28,17-24(32)33)31-25(34)36-18-23-21-11-7-5-9-19(21)20-10-6-8-12-22(20)23/h5-12,23H,13-18H2,1-4H3,(H,30,35)(H,31,34)(H,32,33). The quantitative estimate of drug-likeness (QED) is 0.468. The minimum absolute atomic E-state index is 0.0822.